The minimum atomic E-state index is -0.400. The van der Waals surface area contributed by atoms with Crippen molar-refractivity contribution in [2.24, 2.45) is 0 Å². The quantitative estimate of drug-likeness (QED) is 0.510. The summed E-state index contributed by atoms with van der Waals surface area (Å²) in [6.45, 7) is 3.58. The minimum absolute atomic E-state index is 0.210. The molecule has 0 saturated carbocycles. The Kier molecular flexibility index (Phi) is 4.98. The predicted molar refractivity (Wildman–Crippen MR) is 84.4 cm³/mol. The van der Waals surface area contributed by atoms with E-state index in [1.807, 2.05) is 6.92 Å². The fourth-order valence-electron chi connectivity index (χ4n) is 1.54. The summed E-state index contributed by atoms with van der Waals surface area (Å²) < 4.78 is 0. The number of nitrogens with two attached hydrogens (primary N) is 1. The first kappa shape index (κ1) is 15.5. The van der Waals surface area contributed by atoms with Gasteiger partial charge < -0.3 is 11.1 Å². The van der Waals surface area contributed by atoms with E-state index in [-0.39, 0.29) is 11.1 Å². The van der Waals surface area contributed by atoms with Gasteiger partial charge in [0, 0.05) is 18.0 Å². The zero-order valence-electron chi connectivity index (χ0n) is 11.5. The number of nitrogens with zero attached hydrogens (tertiary/aromatic N) is 3. The lowest BCUT2D eigenvalue weighted by atomic mass is 10.4. The molecule has 0 radical (unpaired) electrons. The molecule has 0 aliphatic carbocycles. The highest BCUT2D eigenvalue weighted by molar-refractivity contribution is 8.00. The fourth-order valence-corrected chi connectivity index (χ4v) is 2.55. The zero-order valence-corrected chi connectivity index (χ0v) is 13.1. The number of thioether (sulfide) groups is 1. The van der Waals surface area contributed by atoms with Crippen molar-refractivity contribution in [3.05, 3.63) is 35.2 Å². The van der Waals surface area contributed by atoms with Crippen molar-refractivity contribution in [1.82, 2.24) is 15.0 Å². The number of nitrogen functional groups attached to an aromatic ring is 1. The number of nitrogens with one attached hydrogen (secondary N) is 1. The smallest absolute Gasteiger partial charge is 0.237 e. The van der Waals surface area contributed by atoms with E-state index in [0.717, 1.165) is 5.69 Å². The van der Waals surface area contributed by atoms with Crippen LogP contribution >= 0.6 is 23.4 Å². The Hall–Kier alpha value is -1.86. The average molecular weight is 324 g/mol. The number of amides is 1. The van der Waals surface area contributed by atoms with Gasteiger partial charge in [0.1, 0.15) is 5.82 Å². The number of hydrogen-bond donors (Lipinski definition) is 2. The van der Waals surface area contributed by atoms with Gasteiger partial charge in [-0.1, -0.05) is 23.4 Å². The summed E-state index contributed by atoms with van der Waals surface area (Å²) in [5.74, 6) is 0.173. The van der Waals surface area contributed by atoms with Crippen LogP contribution in [-0.2, 0) is 4.79 Å². The first-order valence-electron chi connectivity index (χ1n) is 6.15. The second-order valence-corrected chi connectivity index (χ2v) is 5.97. The molecule has 110 valence electrons. The molecule has 1 atom stereocenters. The third-order valence-corrected chi connectivity index (χ3v) is 3.78. The average Bonchev–Trinajstić information content (AvgIpc) is 2.40. The summed E-state index contributed by atoms with van der Waals surface area (Å²) in [5, 5.41) is 3.03. The summed E-state index contributed by atoms with van der Waals surface area (Å²) in [7, 11) is 0. The lowest BCUT2D eigenvalue weighted by Crippen LogP contribution is -2.23. The lowest BCUT2D eigenvalue weighted by Gasteiger charge is -2.12. The molecule has 0 saturated heterocycles. The summed E-state index contributed by atoms with van der Waals surface area (Å²) in [5.41, 5.74) is 6.89. The maximum atomic E-state index is 12.1. The van der Waals surface area contributed by atoms with Crippen LogP contribution in [0.1, 0.15) is 12.6 Å². The van der Waals surface area contributed by atoms with Gasteiger partial charge in [-0.25, -0.2) is 15.0 Å². The zero-order chi connectivity index (χ0) is 15.4. The van der Waals surface area contributed by atoms with Crippen molar-refractivity contribution in [3.63, 3.8) is 0 Å². The molecule has 0 bridgehead atoms. The largest absolute Gasteiger partial charge is 0.384 e. The van der Waals surface area contributed by atoms with Crippen LogP contribution in [0.25, 0.3) is 0 Å². The van der Waals surface area contributed by atoms with Gasteiger partial charge in [-0.3, -0.25) is 4.79 Å². The highest BCUT2D eigenvalue weighted by Gasteiger charge is 2.17. The first-order valence-corrected chi connectivity index (χ1v) is 7.40. The van der Waals surface area contributed by atoms with Gasteiger partial charge in [0.25, 0.3) is 0 Å². The Balaban J connectivity index is 2.04. The predicted octanol–water partition coefficient (Wildman–Crippen LogP) is 2.53. The summed E-state index contributed by atoms with van der Waals surface area (Å²) in [6, 6.07) is 5.06. The van der Waals surface area contributed by atoms with E-state index in [1.54, 1.807) is 31.3 Å². The Morgan fingerprint density at radius 3 is 2.90 bits per heavy atom. The van der Waals surface area contributed by atoms with Crippen molar-refractivity contribution >= 4 is 40.8 Å². The molecular formula is C13H14ClN5OS. The number of pyridine rings is 1. The monoisotopic (exact) mass is 323 g/mol. The standard InChI is InChI=1S/C13H14ClN5OS/c1-7-6-10(15)19-13(17-7)21-8(2)12(20)18-9-4-3-5-16-11(9)14/h3-6,8H,1-2H3,(H,18,20)(H2,15,17,19)/t8-/m1/s1. The summed E-state index contributed by atoms with van der Waals surface area (Å²) >= 11 is 7.13. The molecule has 0 fully saturated rings. The highest BCUT2D eigenvalue weighted by Crippen LogP contribution is 2.23. The Bertz CT molecular complexity index is 647. The van der Waals surface area contributed by atoms with Crippen LogP contribution in [0.2, 0.25) is 5.15 Å². The number of carbonyl (C=O) groups is 1. The highest BCUT2D eigenvalue weighted by atomic mass is 35.5. The molecule has 2 rings (SSSR count). The van der Waals surface area contributed by atoms with Crippen LogP contribution in [0.4, 0.5) is 11.5 Å². The summed E-state index contributed by atoms with van der Waals surface area (Å²) in [6.07, 6.45) is 1.56. The molecule has 2 aromatic rings. The van der Waals surface area contributed by atoms with E-state index in [9.17, 15) is 4.79 Å². The molecule has 0 aliphatic rings. The molecule has 1 amide bonds. The third-order valence-electron chi connectivity index (χ3n) is 2.52. The normalized spacial score (nSPS) is 12.0. The molecule has 0 aliphatic heterocycles. The van der Waals surface area contributed by atoms with Crippen molar-refractivity contribution in [2.45, 2.75) is 24.3 Å². The van der Waals surface area contributed by atoms with E-state index in [1.165, 1.54) is 11.8 Å². The van der Waals surface area contributed by atoms with Crippen molar-refractivity contribution < 1.29 is 4.79 Å². The van der Waals surface area contributed by atoms with E-state index < -0.39 is 5.25 Å². The fraction of sp³-hybridized carbons (Fsp3) is 0.231. The van der Waals surface area contributed by atoms with Crippen LogP contribution in [0.15, 0.2) is 29.6 Å². The molecule has 3 N–H and O–H groups in total. The molecular weight excluding hydrogens is 310 g/mol. The molecule has 8 heteroatoms. The van der Waals surface area contributed by atoms with Gasteiger partial charge in [0.2, 0.25) is 5.91 Å². The van der Waals surface area contributed by atoms with E-state index in [0.29, 0.717) is 16.7 Å². The number of anilines is 2. The van der Waals surface area contributed by atoms with Crippen molar-refractivity contribution in [1.29, 1.82) is 0 Å². The summed E-state index contributed by atoms with van der Waals surface area (Å²) in [4.78, 5) is 24.4. The maximum absolute atomic E-state index is 12.1. The third kappa shape index (κ3) is 4.30. The Labute approximate surface area is 131 Å². The molecule has 21 heavy (non-hydrogen) atoms. The molecule has 6 nitrogen and oxygen atoms in total. The van der Waals surface area contributed by atoms with E-state index >= 15 is 0 Å². The minimum Gasteiger partial charge on any atom is -0.384 e. The first-order chi connectivity index (χ1) is 9.95. The number of aryl methyl sites for hydroxylation is 1. The second-order valence-electron chi connectivity index (χ2n) is 4.31. The molecule has 0 aromatic carbocycles. The van der Waals surface area contributed by atoms with Gasteiger partial charge >= 0.3 is 0 Å². The van der Waals surface area contributed by atoms with Crippen molar-refractivity contribution in [3.8, 4) is 0 Å². The maximum Gasteiger partial charge on any atom is 0.237 e. The van der Waals surface area contributed by atoms with Gasteiger partial charge in [0.15, 0.2) is 10.3 Å². The molecule has 0 unspecified atom stereocenters. The molecule has 2 heterocycles. The number of aromatic nitrogens is 3. The van der Waals surface area contributed by atoms with Crippen LogP contribution in [0.5, 0.6) is 0 Å². The lowest BCUT2D eigenvalue weighted by molar-refractivity contribution is -0.115. The van der Waals surface area contributed by atoms with Gasteiger partial charge in [0.05, 0.1) is 10.9 Å². The Morgan fingerprint density at radius 1 is 1.48 bits per heavy atom. The second kappa shape index (κ2) is 6.73. The van der Waals surface area contributed by atoms with Gasteiger partial charge in [-0.05, 0) is 26.0 Å². The molecule has 2 aromatic heterocycles. The van der Waals surface area contributed by atoms with Crippen LogP contribution in [0.3, 0.4) is 0 Å². The topological polar surface area (TPSA) is 93.8 Å². The van der Waals surface area contributed by atoms with Crippen molar-refractivity contribution in [2.75, 3.05) is 11.1 Å². The number of hydrogen-bond acceptors (Lipinski definition) is 6. The molecule has 0 spiro atoms. The van der Waals surface area contributed by atoms with Gasteiger partial charge in [-0.15, -0.1) is 0 Å². The van der Waals surface area contributed by atoms with Crippen LogP contribution < -0.4 is 11.1 Å². The van der Waals surface area contributed by atoms with Gasteiger partial charge in [-0.2, -0.15) is 0 Å². The number of halogens is 1. The number of rotatable bonds is 4. The van der Waals surface area contributed by atoms with E-state index in [2.05, 4.69) is 20.3 Å². The van der Waals surface area contributed by atoms with Crippen LogP contribution in [0, 0.1) is 6.92 Å². The SMILES string of the molecule is Cc1cc(N)nc(S[C@H](C)C(=O)Nc2cccnc2Cl)n1. The van der Waals surface area contributed by atoms with Crippen LogP contribution in [-0.4, -0.2) is 26.1 Å². The Morgan fingerprint density at radius 2 is 2.24 bits per heavy atom. The number of carbonyl (C=O) groups excluding carboxylic acids is 1. The van der Waals surface area contributed by atoms with E-state index in [4.69, 9.17) is 17.3 Å².